The number of rotatable bonds is 8. The van der Waals surface area contributed by atoms with Gasteiger partial charge in [0.1, 0.15) is 16.1 Å². The van der Waals surface area contributed by atoms with Crippen molar-refractivity contribution in [3.05, 3.63) is 41.4 Å². The highest BCUT2D eigenvalue weighted by molar-refractivity contribution is 7.91. The summed E-state index contributed by atoms with van der Waals surface area (Å²) in [5.41, 5.74) is 0.884. The van der Waals surface area contributed by atoms with E-state index in [-0.39, 0.29) is 10.1 Å². The predicted octanol–water partition coefficient (Wildman–Crippen LogP) is 2.46. The fourth-order valence-electron chi connectivity index (χ4n) is 3.38. The van der Waals surface area contributed by atoms with Gasteiger partial charge in [0, 0.05) is 32.4 Å². The lowest BCUT2D eigenvalue weighted by Gasteiger charge is -2.23. The molecule has 0 aromatic carbocycles. The van der Waals surface area contributed by atoms with Crippen LogP contribution >= 0.6 is 11.3 Å². The van der Waals surface area contributed by atoms with E-state index in [1.54, 1.807) is 23.7 Å². The zero-order chi connectivity index (χ0) is 20.1. The van der Waals surface area contributed by atoms with Gasteiger partial charge in [-0.05, 0) is 49.8 Å². The van der Waals surface area contributed by atoms with Crippen LogP contribution in [0.25, 0.3) is 0 Å². The number of nitrogens with zero attached hydrogens (tertiary/aromatic N) is 3. The number of sulfonamides is 1. The summed E-state index contributed by atoms with van der Waals surface area (Å²) in [7, 11) is -3.62. The van der Waals surface area contributed by atoms with Crippen molar-refractivity contribution in [3.8, 4) is 0 Å². The largest absolute Gasteiger partial charge is 0.357 e. The smallest absolute Gasteiger partial charge is 0.253 e. The summed E-state index contributed by atoms with van der Waals surface area (Å²) < 4.78 is 27.2. The third kappa shape index (κ3) is 4.37. The van der Waals surface area contributed by atoms with Gasteiger partial charge in [0.2, 0.25) is 5.91 Å². The molecule has 0 spiro atoms. The summed E-state index contributed by atoms with van der Waals surface area (Å²) in [5, 5.41) is 4.60. The van der Waals surface area contributed by atoms with Gasteiger partial charge in [-0.15, -0.1) is 11.3 Å². The van der Waals surface area contributed by atoms with E-state index in [0.29, 0.717) is 25.9 Å². The van der Waals surface area contributed by atoms with Crippen LogP contribution in [0.4, 0.5) is 5.82 Å². The molecule has 2 aromatic heterocycles. The second kappa shape index (κ2) is 9.02. The quantitative estimate of drug-likeness (QED) is 0.707. The molecule has 0 saturated carbocycles. The van der Waals surface area contributed by atoms with Gasteiger partial charge in [0.25, 0.3) is 10.0 Å². The van der Waals surface area contributed by atoms with Gasteiger partial charge in [-0.2, -0.15) is 4.31 Å². The Balaban J connectivity index is 1.63. The molecule has 1 fully saturated rings. The Labute approximate surface area is 170 Å². The van der Waals surface area contributed by atoms with Crippen molar-refractivity contribution in [2.24, 2.45) is 0 Å². The summed E-state index contributed by atoms with van der Waals surface area (Å²) >= 11 is 1.17. The molecule has 1 amide bonds. The van der Waals surface area contributed by atoms with Crippen LogP contribution in [-0.2, 0) is 21.4 Å². The van der Waals surface area contributed by atoms with E-state index in [1.807, 2.05) is 12.1 Å². The third-order valence-electron chi connectivity index (χ3n) is 4.93. The molecular formula is C19H26N4O3S2. The Morgan fingerprint density at radius 2 is 2.11 bits per heavy atom. The zero-order valence-corrected chi connectivity index (χ0v) is 17.8. The third-order valence-corrected chi connectivity index (χ3v) is 8.21. The van der Waals surface area contributed by atoms with Crippen molar-refractivity contribution in [2.75, 3.05) is 24.5 Å². The first-order chi connectivity index (χ1) is 13.5. The van der Waals surface area contributed by atoms with Crippen molar-refractivity contribution in [1.29, 1.82) is 0 Å². The van der Waals surface area contributed by atoms with Crippen molar-refractivity contribution in [2.45, 2.75) is 43.5 Å². The maximum Gasteiger partial charge on any atom is 0.253 e. The second-order valence-corrected chi connectivity index (χ2v) is 9.69. The minimum absolute atomic E-state index is 0.259. The van der Waals surface area contributed by atoms with Crippen molar-refractivity contribution in [3.63, 3.8) is 0 Å². The maximum absolute atomic E-state index is 12.8. The standard InChI is InChI=1S/C19H26N4O3S2/c1-3-22(4-2)17-10-9-15(13-20-17)14-21-19(24)16-7-5-11-23(16)28(25,26)18-8-6-12-27-18/h6,8-10,12-13,16H,3-5,7,11,14H2,1-2H3,(H,21,24). The molecule has 0 radical (unpaired) electrons. The monoisotopic (exact) mass is 422 g/mol. The van der Waals surface area contributed by atoms with Crippen molar-refractivity contribution < 1.29 is 13.2 Å². The number of nitrogens with one attached hydrogen (secondary N) is 1. The maximum atomic E-state index is 12.8. The molecule has 3 rings (SSSR count). The molecule has 152 valence electrons. The van der Waals surface area contributed by atoms with Crippen LogP contribution in [0.1, 0.15) is 32.3 Å². The number of carbonyl (C=O) groups excluding carboxylic acids is 1. The van der Waals surface area contributed by atoms with E-state index in [0.717, 1.165) is 24.5 Å². The molecule has 1 aliphatic heterocycles. The van der Waals surface area contributed by atoms with E-state index in [4.69, 9.17) is 0 Å². The van der Waals surface area contributed by atoms with Gasteiger partial charge in [-0.1, -0.05) is 12.1 Å². The van der Waals surface area contributed by atoms with Crippen LogP contribution in [0.15, 0.2) is 40.1 Å². The van der Waals surface area contributed by atoms with Crippen molar-refractivity contribution >= 4 is 33.1 Å². The Kier molecular flexibility index (Phi) is 6.69. The Bertz CT molecular complexity index is 878. The predicted molar refractivity (Wildman–Crippen MR) is 111 cm³/mol. The summed E-state index contributed by atoms with van der Waals surface area (Å²) in [6.45, 7) is 6.63. The number of anilines is 1. The molecule has 9 heteroatoms. The minimum atomic E-state index is -3.62. The minimum Gasteiger partial charge on any atom is -0.357 e. The summed E-state index contributed by atoms with van der Waals surface area (Å²) in [6.07, 6.45) is 2.97. The van der Waals surface area contributed by atoms with E-state index in [1.165, 1.54) is 15.6 Å². The molecule has 1 atom stereocenters. The summed E-state index contributed by atoms with van der Waals surface area (Å²) in [4.78, 5) is 19.3. The topological polar surface area (TPSA) is 82.6 Å². The van der Waals surface area contributed by atoms with Crippen LogP contribution in [0.2, 0.25) is 0 Å². The van der Waals surface area contributed by atoms with Gasteiger partial charge in [-0.3, -0.25) is 4.79 Å². The van der Waals surface area contributed by atoms with E-state index >= 15 is 0 Å². The molecule has 28 heavy (non-hydrogen) atoms. The lowest BCUT2D eigenvalue weighted by molar-refractivity contribution is -0.124. The van der Waals surface area contributed by atoms with Gasteiger partial charge in [0.15, 0.2) is 0 Å². The number of carbonyl (C=O) groups is 1. The molecular weight excluding hydrogens is 396 g/mol. The van der Waals surface area contributed by atoms with Gasteiger partial charge < -0.3 is 10.2 Å². The number of hydrogen-bond acceptors (Lipinski definition) is 6. The molecule has 7 nitrogen and oxygen atoms in total. The van der Waals surface area contributed by atoms with Gasteiger partial charge in [0.05, 0.1) is 0 Å². The van der Waals surface area contributed by atoms with Crippen LogP contribution in [0.5, 0.6) is 0 Å². The van der Waals surface area contributed by atoms with Crippen LogP contribution in [0.3, 0.4) is 0 Å². The summed E-state index contributed by atoms with van der Waals surface area (Å²) in [6, 6.07) is 6.51. The van der Waals surface area contributed by atoms with Crippen molar-refractivity contribution in [1.82, 2.24) is 14.6 Å². The molecule has 0 bridgehead atoms. The van der Waals surface area contributed by atoms with Crippen LogP contribution in [0, 0.1) is 0 Å². The highest BCUT2D eigenvalue weighted by Gasteiger charge is 2.39. The molecule has 0 aliphatic carbocycles. The molecule has 1 unspecified atom stereocenters. The SMILES string of the molecule is CCN(CC)c1ccc(CNC(=O)C2CCCN2S(=O)(=O)c2cccs2)cn1. The first-order valence-corrected chi connectivity index (χ1v) is 11.8. The normalized spacial score (nSPS) is 17.6. The average Bonchev–Trinajstić information content (AvgIpc) is 3.40. The van der Waals surface area contributed by atoms with Crippen LogP contribution < -0.4 is 10.2 Å². The zero-order valence-electron chi connectivity index (χ0n) is 16.2. The highest BCUT2D eigenvalue weighted by Crippen LogP contribution is 2.28. The Hall–Kier alpha value is -1.97. The highest BCUT2D eigenvalue weighted by atomic mass is 32.2. The number of amides is 1. The number of hydrogen-bond donors (Lipinski definition) is 1. The summed E-state index contributed by atoms with van der Waals surface area (Å²) in [5.74, 6) is 0.648. The van der Waals surface area contributed by atoms with Gasteiger partial charge in [-0.25, -0.2) is 13.4 Å². The lowest BCUT2D eigenvalue weighted by Crippen LogP contribution is -2.45. The van der Waals surface area contributed by atoms with Gasteiger partial charge >= 0.3 is 0 Å². The number of pyridine rings is 1. The Morgan fingerprint density at radius 1 is 1.32 bits per heavy atom. The molecule has 3 heterocycles. The number of thiophene rings is 1. The molecule has 1 N–H and O–H groups in total. The van der Waals surface area contributed by atoms with E-state index < -0.39 is 16.1 Å². The molecule has 1 aliphatic rings. The second-order valence-electron chi connectivity index (χ2n) is 6.62. The molecule has 2 aromatic rings. The average molecular weight is 423 g/mol. The van der Waals surface area contributed by atoms with E-state index in [2.05, 4.69) is 29.0 Å². The molecule has 1 saturated heterocycles. The fraction of sp³-hybridized carbons (Fsp3) is 0.474. The lowest BCUT2D eigenvalue weighted by atomic mass is 10.2. The first-order valence-electron chi connectivity index (χ1n) is 9.50. The number of aromatic nitrogens is 1. The first kappa shape index (κ1) is 20.8. The Morgan fingerprint density at radius 3 is 2.71 bits per heavy atom. The van der Waals surface area contributed by atoms with Crippen LogP contribution in [-0.4, -0.2) is 49.3 Å². The fourth-order valence-corrected chi connectivity index (χ4v) is 6.15. The van der Waals surface area contributed by atoms with E-state index in [9.17, 15) is 13.2 Å².